The van der Waals surface area contributed by atoms with Crippen molar-refractivity contribution in [3.63, 3.8) is 0 Å². The van der Waals surface area contributed by atoms with Crippen molar-refractivity contribution in [2.75, 3.05) is 25.1 Å². The van der Waals surface area contributed by atoms with Crippen molar-refractivity contribution in [3.8, 4) is 6.07 Å². The Hall–Kier alpha value is -1.12. The Morgan fingerprint density at radius 2 is 2.56 bits per heavy atom. The zero-order chi connectivity index (χ0) is 11.4. The lowest BCUT2D eigenvalue weighted by Crippen LogP contribution is -2.24. The minimum absolute atomic E-state index is 0.558. The molecule has 1 unspecified atom stereocenters. The van der Waals surface area contributed by atoms with Crippen molar-refractivity contribution in [2.45, 2.75) is 19.8 Å². The fraction of sp³-hybridized carbons (Fsp3) is 0.636. The van der Waals surface area contributed by atoms with E-state index in [1.165, 1.54) is 18.0 Å². The van der Waals surface area contributed by atoms with Crippen molar-refractivity contribution >= 4 is 16.5 Å². The highest BCUT2D eigenvalue weighted by molar-refractivity contribution is 7.10. The molecule has 4 nitrogen and oxygen atoms in total. The molecule has 1 atom stereocenters. The summed E-state index contributed by atoms with van der Waals surface area (Å²) in [5, 5.41) is 13.2. The first kappa shape index (κ1) is 11.4. The van der Waals surface area contributed by atoms with Crippen LogP contribution in [0.2, 0.25) is 0 Å². The molecule has 1 aliphatic heterocycles. The van der Waals surface area contributed by atoms with Crippen LogP contribution in [0.25, 0.3) is 0 Å². The Kier molecular flexibility index (Phi) is 3.75. The van der Waals surface area contributed by atoms with E-state index >= 15 is 0 Å². The molecule has 0 bridgehead atoms. The van der Waals surface area contributed by atoms with Crippen LogP contribution < -0.4 is 5.32 Å². The van der Waals surface area contributed by atoms with E-state index in [-0.39, 0.29) is 0 Å². The van der Waals surface area contributed by atoms with E-state index < -0.39 is 0 Å². The van der Waals surface area contributed by atoms with Gasteiger partial charge in [-0.3, -0.25) is 0 Å². The van der Waals surface area contributed by atoms with Gasteiger partial charge in [0.2, 0.25) is 0 Å². The van der Waals surface area contributed by atoms with Crippen LogP contribution in [0.5, 0.6) is 0 Å². The minimum Gasteiger partial charge on any atom is -0.381 e. The summed E-state index contributed by atoms with van der Waals surface area (Å²) in [4.78, 5) is 0. The minimum atomic E-state index is 0.558. The second-order valence-electron chi connectivity index (χ2n) is 4.05. The van der Waals surface area contributed by atoms with Crippen molar-refractivity contribution < 1.29 is 4.74 Å². The SMILES string of the molecule is Cc1nsc(NCC2CCCOC2)c1C#N. The molecule has 0 radical (unpaired) electrons. The van der Waals surface area contributed by atoms with E-state index in [2.05, 4.69) is 15.8 Å². The maximum Gasteiger partial charge on any atom is 0.127 e. The number of hydrogen-bond acceptors (Lipinski definition) is 5. The number of hydrogen-bond donors (Lipinski definition) is 1. The Morgan fingerprint density at radius 1 is 1.69 bits per heavy atom. The van der Waals surface area contributed by atoms with Crippen LogP contribution in [0, 0.1) is 24.2 Å². The van der Waals surface area contributed by atoms with E-state index in [1.807, 2.05) is 6.92 Å². The zero-order valence-corrected chi connectivity index (χ0v) is 10.1. The molecule has 5 heteroatoms. The highest BCUT2D eigenvalue weighted by atomic mass is 32.1. The van der Waals surface area contributed by atoms with Gasteiger partial charge in [-0.2, -0.15) is 9.64 Å². The number of nitrogens with zero attached hydrogens (tertiary/aromatic N) is 2. The first-order chi connectivity index (χ1) is 7.81. The summed E-state index contributed by atoms with van der Waals surface area (Å²) in [5.41, 5.74) is 1.50. The fourth-order valence-corrected chi connectivity index (χ4v) is 2.58. The van der Waals surface area contributed by atoms with Crippen LogP contribution in [0.4, 0.5) is 5.00 Å². The largest absolute Gasteiger partial charge is 0.381 e. The zero-order valence-electron chi connectivity index (χ0n) is 9.32. The van der Waals surface area contributed by atoms with Gasteiger partial charge in [-0.05, 0) is 37.2 Å². The molecule has 16 heavy (non-hydrogen) atoms. The van der Waals surface area contributed by atoms with Crippen molar-refractivity contribution in [2.24, 2.45) is 5.92 Å². The quantitative estimate of drug-likeness (QED) is 0.875. The Bertz CT molecular complexity index is 390. The van der Waals surface area contributed by atoms with Gasteiger partial charge in [-0.1, -0.05) is 0 Å². The second kappa shape index (κ2) is 5.28. The third kappa shape index (κ3) is 2.52. The summed E-state index contributed by atoms with van der Waals surface area (Å²) in [5.74, 6) is 0.558. The van der Waals surface area contributed by atoms with Crippen molar-refractivity contribution in [1.82, 2.24) is 4.37 Å². The number of nitrogens with one attached hydrogen (secondary N) is 1. The van der Waals surface area contributed by atoms with Crippen LogP contribution in [0.3, 0.4) is 0 Å². The van der Waals surface area contributed by atoms with E-state index in [0.717, 1.165) is 36.9 Å². The standard InChI is InChI=1S/C11H15N3OS/c1-8-10(5-12)11(16-14-8)13-6-9-3-2-4-15-7-9/h9,13H,2-4,6-7H2,1H3. The molecule has 1 fully saturated rings. The van der Waals surface area contributed by atoms with Gasteiger partial charge in [0.05, 0.1) is 12.3 Å². The van der Waals surface area contributed by atoms with E-state index in [9.17, 15) is 0 Å². The predicted octanol–water partition coefficient (Wildman–Crippen LogP) is 2.16. The summed E-state index contributed by atoms with van der Waals surface area (Å²) >= 11 is 1.36. The molecule has 1 saturated heterocycles. The third-order valence-corrected chi connectivity index (χ3v) is 3.68. The fourth-order valence-electron chi connectivity index (χ4n) is 1.83. The number of rotatable bonds is 3. The molecule has 1 N–H and O–H groups in total. The van der Waals surface area contributed by atoms with Gasteiger partial charge < -0.3 is 10.1 Å². The molecule has 2 heterocycles. The lowest BCUT2D eigenvalue weighted by atomic mass is 10.0. The topological polar surface area (TPSA) is 57.9 Å². The third-order valence-electron chi connectivity index (χ3n) is 2.78. The molecule has 1 aromatic heterocycles. The molecule has 1 aliphatic rings. The Labute approximate surface area is 99.4 Å². The highest BCUT2D eigenvalue weighted by Gasteiger charge is 2.15. The number of nitriles is 1. The molecule has 0 spiro atoms. The van der Waals surface area contributed by atoms with Crippen LogP contribution in [-0.2, 0) is 4.74 Å². The summed E-state index contributed by atoms with van der Waals surface area (Å²) in [6.45, 7) is 4.45. The van der Waals surface area contributed by atoms with Gasteiger partial charge >= 0.3 is 0 Å². The first-order valence-electron chi connectivity index (χ1n) is 5.49. The molecule has 0 amide bonds. The smallest absolute Gasteiger partial charge is 0.127 e. The molecule has 2 rings (SSSR count). The van der Waals surface area contributed by atoms with Gasteiger partial charge in [0.25, 0.3) is 0 Å². The lowest BCUT2D eigenvalue weighted by Gasteiger charge is -2.22. The van der Waals surface area contributed by atoms with E-state index in [0.29, 0.717) is 11.5 Å². The summed E-state index contributed by atoms with van der Waals surface area (Å²) in [6.07, 6.45) is 2.34. The maximum absolute atomic E-state index is 8.98. The number of anilines is 1. The molecule has 1 aromatic rings. The molecular weight excluding hydrogens is 222 g/mol. The Morgan fingerprint density at radius 3 is 3.25 bits per heavy atom. The van der Waals surface area contributed by atoms with Gasteiger partial charge in [0.15, 0.2) is 0 Å². The van der Waals surface area contributed by atoms with Crippen molar-refractivity contribution in [1.29, 1.82) is 5.26 Å². The van der Waals surface area contributed by atoms with Gasteiger partial charge in [-0.15, -0.1) is 0 Å². The summed E-state index contributed by atoms with van der Waals surface area (Å²) in [6, 6.07) is 2.19. The molecule has 0 saturated carbocycles. The maximum atomic E-state index is 8.98. The number of ether oxygens (including phenoxy) is 1. The normalized spacial score (nSPS) is 20.4. The highest BCUT2D eigenvalue weighted by Crippen LogP contribution is 2.24. The van der Waals surface area contributed by atoms with Gasteiger partial charge in [0.1, 0.15) is 16.6 Å². The van der Waals surface area contributed by atoms with E-state index in [1.54, 1.807) is 0 Å². The first-order valence-corrected chi connectivity index (χ1v) is 6.26. The van der Waals surface area contributed by atoms with Gasteiger partial charge in [-0.25, -0.2) is 0 Å². The molecule has 86 valence electrons. The predicted molar refractivity (Wildman–Crippen MR) is 63.6 cm³/mol. The van der Waals surface area contributed by atoms with Crippen LogP contribution in [-0.4, -0.2) is 24.1 Å². The molecular formula is C11H15N3OS. The second-order valence-corrected chi connectivity index (χ2v) is 4.82. The van der Waals surface area contributed by atoms with Crippen LogP contribution in [0.1, 0.15) is 24.1 Å². The number of aromatic nitrogens is 1. The average Bonchev–Trinajstić information content (AvgIpc) is 2.68. The van der Waals surface area contributed by atoms with Crippen molar-refractivity contribution in [3.05, 3.63) is 11.3 Å². The number of aryl methyl sites for hydroxylation is 1. The Balaban J connectivity index is 1.91. The average molecular weight is 237 g/mol. The molecule has 0 aromatic carbocycles. The molecule has 0 aliphatic carbocycles. The summed E-state index contributed by atoms with van der Waals surface area (Å²) in [7, 11) is 0. The van der Waals surface area contributed by atoms with Crippen LogP contribution >= 0.6 is 11.5 Å². The van der Waals surface area contributed by atoms with Crippen LogP contribution in [0.15, 0.2) is 0 Å². The lowest BCUT2D eigenvalue weighted by molar-refractivity contribution is 0.0595. The van der Waals surface area contributed by atoms with Gasteiger partial charge in [0, 0.05) is 13.2 Å². The summed E-state index contributed by atoms with van der Waals surface area (Å²) < 4.78 is 9.59. The van der Waals surface area contributed by atoms with E-state index in [4.69, 9.17) is 10.00 Å². The monoisotopic (exact) mass is 237 g/mol.